The van der Waals surface area contributed by atoms with Crippen molar-refractivity contribution in [1.82, 2.24) is 14.8 Å². The van der Waals surface area contributed by atoms with Crippen molar-refractivity contribution in [3.63, 3.8) is 0 Å². The van der Waals surface area contributed by atoms with Crippen molar-refractivity contribution in [2.45, 2.75) is 32.2 Å². The van der Waals surface area contributed by atoms with E-state index in [0.29, 0.717) is 5.82 Å². The van der Waals surface area contributed by atoms with E-state index in [0.717, 1.165) is 6.07 Å². The fourth-order valence-corrected chi connectivity index (χ4v) is 2.13. The molecule has 1 aromatic heterocycles. The first-order valence-electron chi connectivity index (χ1n) is 5.81. The van der Waals surface area contributed by atoms with Gasteiger partial charge in [0.1, 0.15) is 5.82 Å². The maximum atomic E-state index is 13.9. The Bertz CT molecular complexity index is 602. The summed E-state index contributed by atoms with van der Waals surface area (Å²) in [5, 5.41) is 7.89. The summed E-state index contributed by atoms with van der Waals surface area (Å²) >= 11 is 5.82. The van der Waals surface area contributed by atoms with Gasteiger partial charge in [-0.3, -0.25) is 0 Å². The van der Waals surface area contributed by atoms with Crippen molar-refractivity contribution < 1.29 is 8.78 Å². The van der Waals surface area contributed by atoms with Crippen LogP contribution in [-0.4, -0.2) is 14.8 Å². The number of hydrogen-bond donors (Lipinski definition) is 0. The molecular formula is C13H14ClF2N3. The molecule has 0 saturated carbocycles. The normalized spacial score (nSPS) is 11.9. The smallest absolute Gasteiger partial charge is 0.169 e. The van der Waals surface area contributed by atoms with Gasteiger partial charge in [-0.25, -0.2) is 8.78 Å². The van der Waals surface area contributed by atoms with Crippen molar-refractivity contribution in [3.8, 4) is 11.4 Å². The molecule has 1 aromatic carbocycles. The monoisotopic (exact) mass is 285 g/mol. The summed E-state index contributed by atoms with van der Waals surface area (Å²) in [4.78, 5) is 0. The Labute approximate surface area is 115 Å². The van der Waals surface area contributed by atoms with Crippen LogP contribution >= 0.6 is 11.6 Å². The number of alkyl halides is 1. The molecule has 0 saturated heterocycles. The van der Waals surface area contributed by atoms with Crippen LogP contribution in [0.25, 0.3) is 11.4 Å². The lowest BCUT2D eigenvalue weighted by molar-refractivity contribution is 0.389. The molecular weight excluding hydrogens is 272 g/mol. The summed E-state index contributed by atoms with van der Waals surface area (Å²) in [6, 6.07) is 3.98. The first-order chi connectivity index (χ1) is 8.86. The summed E-state index contributed by atoms with van der Waals surface area (Å²) in [6.07, 6.45) is 0. The van der Waals surface area contributed by atoms with Gasteiger partial charge in [-0.05, 0) is 32.9 Å². The van der Waals surface area contributed by atoms with Crippen LogP contribution in [-0.2, 0) is 11.4 Å². The van der Waals surface area contributed by atoms with Crippen LogP contribution < -0.4 is 0 Å². The van der Waals surface area contributed by atoms with E-state index in [9.17, 15) is 8.78 Å². The van der Waals surface area contributed by atoms with Crippen LogP contribution in [0.5, 0.6) is 0 Å². The Kier molecular flexibility index (Phi) is 3.58. The lowest BCUT2D eigenvalue weighted by atomic mass is 10.1. The molecule has 0 aliphatic carbocycles. The van der Waals surface area contributed by atoms with Gasteiger partial charge in [-0.1, -0.05) is 6.07 Å². The fourth-order valence-electron chi connectivity index (χ4n) is 1.96. The van der Waals surface area contributed by atoms with Gasteiger partial charge in [0, 0.05) is 5.54 Å². The second-order valence-corrected chi connectivity index (χ2v) is 5.45. The number of halogens is 3. The number of benzene rings is 1. The molecule has 0 bridgehead atoms. The standard InChI is InChI=1S/C13H14ClF2N3/c1-13(2,3)19-10(7-14)17-18-12(19)8-5-4-6-9(15)11(8)16/h4-6H,7H2,1-3H3. The Morgan fingerprint density at radius 3 is 2.47 bits per heavy atom. The Hall–Kier alpha value is -1.49. The second kappa shape index (κ2) is 4.89. The lowest BCUT2D eigenvalue weighted by Gasteiger charge is -2.24. The Morgan fingerprint density at radius 1 is 1.21 bits per heavy atom. The van der Waals surface area contributed by atoms with E-state index < -0.39 is 11.6 Å². The van der Waals surface area contributed by atoms with Crippen molar-refractivity contribution in [3.05, 3.63) is 35.7 Å². The molecule has 1 heterocycles. The van der Waals surface area contributed by atoms with Crippen LogP contribution in [0, 0.1) is 11.6 Å². The van der Waals surface area contributed by atoms with E-state index in [1.807, 2.05) is 20.8 Å². The summed E-state index contributed by atoms with van der Waals surface area (Å²) < 4.78 is 28.9. The number of nitrogens with zero attached hydrogens (tertiary/aromatic N) is 3. The molecule has 0 amide bonds. The predicted molar refractivity (Wildman–Crippen MR) is 69.9 cm³/mol. The van der Waals surface area contributed by atoms with E-state index >= 15 is 0 Å². The molecule has 102 valence electrons. The van der Waals surface area contributed by atoms with Gasteiger partial charge in [-0.2, -0.15) is 0 Å². The topological polar surface area (TPSA) is 30.7 Å². The molecule has 0 atom stereocenters. The quantitative estimate of drug-likeness (QED) is 0.788. The van der Waals surface area contributed by atoms with Gasteiger partial charge in [0.2, 0.25) is 0 Å². The highest BCUT2D eigenvalue weighted by atomic mass is 35.5. The molecule has 0 N–H and O–H groups in total. The van der Waals surface area contributed by atoms with Crippen molar-refractivity contribution >= 4 is 11.6 Å². The van der Waals surface area contributed by atoms with E-state index in [-0.39, 0.29) is 22.8 Å². The van der Waals surface area contributed by atoms with Gasteiger partial charge in [-0.15, -0.1) is 21.8 Å². The number of aromatic nitrogens is 3. The van der Waals surface area contributed by atoms with Crippen LogP contribution in [0.2, 0.25) is 0 Å². The van der Waals surface area contributed by atoms with E-state index in [4.69, 9.17) is 11.6 Å². The molecule has 6 heteroatoms. The summed E-state index contributed by atoms with van der Waals surface area (Å²) in [5.74, 6) is -0.885. The minimum atomic E-state index is -0.929. The maximum Gasteiger partial charge on any atom is 0.169 e. The van der Waals surface area contributed by atoms with Crippen LogP contribution in [0.15, 0.2) is 18.2 Å². The van der Waals surface area contributed by atoms with Crippen molar-refractivity contribution in [1.29, 1.82) is 0 Å². The van der Waals surface area contributed by atoms with Gasteiger partial charge in [0.15, 0.2) is 17.5 Å². The Morgan fingerprint density at radius 2 is 1.89 bits per heavy atom. The molecule has 0 aliphatic heterocycles. The van der Waals surface area contributed by atoms with Crippen molar-refractivity contribution in [2.75, 3.05) is 0 Å². The van der Waals surface area contributed by atoms with Gasteiger partial charge >= 0.3 is 0 Å². The van der Waals surface area contributed by atoms with Gasteiger partial charge in [0.05, 0.1) is 11.4 Å². The molecule has 0 fully saturated rings. The lowest BCUT2D eigenvalue weighted by Crippen LogP contribution is -2.25. The molecule has 0 radical (unpaired) electrons. The molecule has 3 nitrogen and oxygen atoms in total. The summed E-state index contributed by atoms with van der Waals surface area (Å²) in [7, 11) is 0. The molecule has 2 rings (SSSR count). The minimum absolute atomic E-state index is 0.0822. The van der Waals surface area contributed by atoms with Crippen LogP contribution in [0.1, 0.15) is 26.6 Å². The third-order valence-corrected chi connectivity index (χ3v) is 2.95. The van der Waals surface area contributed by atoms with E-state index in [2.05, 4.69) is 10.2 Å². The second-order valence-electron chi connectivity index (χ2n) is 5.18. The summed E-state index contributed by atoms with van der Waals surface area (Å²) in [5.41, 5.74) is -0.305. The van der Waals surface area contributed by atoms with Gasteiger partial charge < -0.3 is 4.57 Å². The largest absolute Gasteiger partial charge is 0.305 e. The average molecular weight is 286 g/mol. The van der Waals surface area contributed by atoms with Gasteiger partial charge in [0.25, 0.3) is 0 Å². The molecule has 0 spiro atoms. The third kappa shape index (κ3) is 2.47. The minimum Gasteiger partial charge on any atom is -0.305 e. The first kappa shape index (κ1) is 13.9. The Balaban J connectivity index is 2.70. The zero-order valence-corrected chi connectivity index (χ0v) is 11.7. The first-order valence-corrected chi connectivity index (χ1v) is 6.35. The predicted octanol–water partition coefficient (Wildman–Crippen LogP) is 3.72. The maximum absolute atomic E-state index is 13.9. The number of rotatable bonds is 2. The SMILES string of the molecule is CC(C)(C)n1c(CCl)nnc1-c1cccc(F)c1F. The third-order valence-electron chi connectivity index (χ3n) is 2.71. The van der Waals surface area contributed by atoms with Crippen molar-refractivity contribution in [2.24, 2.45) is 0 Å². The number of hydrogen-bond acceptors (Lipinski definition) is 2. The van der Waals surface area contributed by atoms with E-state index in [1.165, 1.54) is 12.1 Å². The highest BCUT2D eigenvalue weighted by Gasteiger charge is 2.25. The zero-order valence-electron chi connectivity index (χ0n) is 10.9. The van der Waals surface area contributed by atoms with E-state index in [1.54, 1.807) is 4.57 Å². The average Bonchev–Trinajstić information content (AvgIpc) is 2.76. The highest BCUT2D eigenvalue weighted by Crippen LogP contribution is 2.29. The molecule has 2 aromatic rings. The molecule has 0 aliphatic rings. The summed E-state index contributed by atoms with van der Waals surface area (Å²) in [6.45, 7) is 5.77. The van der Waals surface area contributed by atoms with Crippen LogP contribution in [0.3, 0.4) is 0 Å². The fraction of sp³-hybridized carbons (Fsp3) is 0.385. The zero-order chi connectivity index (χ0) is 14.2. The molecule has 0 unspecified atom stereocenters. The highest BCUT2D eigenvalue weighted by molar-refractivity contribution is 6.16. The van der Waals surface area contributed by atoms with Crippen LogP contribution in [0.4, 0.5) is 8.78 Å². The molecule has 19 heavy (non-hydrogen) atoms.